The van der Waals surface area contributed by atoms with Gasteiger partial charge in [0.2, 0.25) is 10.0 Å². The zero-order valence-electron chi connectivity index (χ0n) is 19.2. The first-order valence-corrected chi connectivity index (χ1v) is 13.0. The zero-order chi connectivity index (χ0) is 22.9. The van der Waals surface area contributed by atoms with Crippen molar-refractivity contribution in [3.05, 3.63) is 35.9 Å². The maximum absolute atomic E-state index is 11.7. The number of sulfonamides is 1. The van der Waals surface area contributed by atoms with Gasteiger partial charge in [-0.15, -0.1) is 0 Å². The average Bonchev–Trinajstić information content (AvgIpc) is 3.06. The number of hydrogen-bond donors (Lipinski definition) is 1. The van der Waals surface area contributed by atoms with E-state index in [1.165, 1.54) is 18.9 Å². The van der Waals surface area contributed by atoms with Gasteiger partial charge in [0.1, 0.15) is 0 Å². The van der Waals surface area contributed by atoms with Crippen molar-refractivity contribution in [1.82, 2.24) is 9.62 Å². The van der Waals surface area contributed by atoms with Crippen LogP contribution in [0.3, 0.4) is 0 Å². The Morgan fingerprint density at radius 2 is 1.77 bits per heavy atom. The Morgan fingerprint density at radius 3 is 2.29 bits per heavy atom. The highest BCUT2D eigenvalue weighted by Crippen LogP contribution is 2.34. The molecule has 1 heterocycles. The molecule has 0 spiro atoms. The topological polar surface area (TPSA) is 84.9 Å². The van der Waals surface area contributed by atoms with Gasteiger partial charge < -0.3 is 9.47 Å². The van der Waals surface area contributed by atoms with Gasteiger partial charge in [0.05, 0.1) is 26.1 Å². The monoisotopic (exact) mass is 454 g/mol. The summed E-state index contributed by atoms with van der Waals surface area (Å²) in [4.78, 5) is 11.3. The molecule has 7 nitrogen and oxygen atoms in total. The number of methoxy groups -OCH3 is 1. The summed E-state index contributed by atoms with van der Waals surface area (Å²) in [7, 11) is 0.199. The lowest BCUT2D eigenvalue weighted by molar-refractivity contribution is -0.126. The van der Waals surface area contributed by atoms with Crippen LogP contribution in [0.2, 0.25) is 0 Å². The van der Waals surface area contributed by atoms with E-state index in [2.05, 4.69) is 58.7 Å². The average molecular weight is 455 g/mol. The number of rotatable bonds is 8. The Kier molecular flexibility index (Phi) is 10.4. The Hall–Kier alpha value is -1.48. The predicted octanol–water partition coefficient (Wildman–Crippen LogP) is 2.92. The molecule has 1 aromatic carbocycles. The zero-order valence-corrected chi connectivity index (χ0v) is 20.0. The second-order valence-electron chi connectivity index (χ2n) is 8.58. The number of nitrogens with zero attached hydrogens (tertiary/aromatic N) is 1. The molecule has 3 rings (SSSR count). The third-order valence-electron chi connectivity index (χ3n) is 6.47. The lowest BCUT2D eigenvalue weighted by Crippen LogP contribution is -2.47. The molecule has 1 unspecified atom stereocenters. The third-order valence-corrected chi connectivity index (χ3v) is 7.20. The fraction of sp³-hybridized carbons (Fsp3) is 0.696. The van der Waals surface area contributed by atoms with Crippen LogP contribution in [0.4, 0.5) is 0 Å². The van der Waals surface area contributed by atoms with Gasteiger partial charge in [-0.3, -0.25) is 9.69 Å². The van der Waals surface area contributed by atoms with Gasteiger partial charge in [-0.25, -0.2) is 13.1 Å². The molecule has 176 valence electrons. The van der Waals surface area contributed by atoms with E-state index >= 15 is 0 Å². The maximum atomic E-state index is 11.7. The predicted molar refractivity (Wildman–Crippen MR) is 122 cm³/mol. The van der Waals surface area contributed by atoms with E-state index in [0.717, 1.165) is 38.5 Å². The quantitative estimate of drug-likeness (QED) is 0.608. The second kappa shape index (κ2) is 12.5. The first kappa shape index (κ1) is 25.8. The van der Waals surface area contributed by atoms with Gasteiger partial charge in [-0.2, -0.15) is 0 Å². The van der Waals surface area contributed by atoms with Crippen molar-refractivity contribution in [3.63, 3.8) is 0 Å². The van der Waals surface area contributed by atoms with Gasteiger partial charge >= 0.3 is 0 Å². The lowest BCUT2D eigenvalue weighted by atomic mass is 9.83. The van der Waals surface area contributed by atoms with E-state index < -0.39 is 10.0 Å². The molecule has 8 heteroatoms. The van der Waals surface area contributed by atoms with Gasteiger partial charge in [0.15, 0.2) is 0 Å². The molecule has 0 aromatic heterocycles. The molecule has 3 atom stereocenters. The van der Waals surface area contributed by atoms with E-state index in [0.29, 0.717) is 25.0 Å². The summed E-state index contributed by atoms with van der Waals surface area (Å²) >= 11 is 0. The number of likely N-dealkylation sites (tertiary alicyclic amines) is 1. The normalized spacial score (nSPS) is 29.1. The smallest absolute Gasteiger partial charge is 0.292 e. The highest BCUT2D eigenvalue weighted by Gasteiger charge is 2.40. The molecule has 1 saturated carbocycles. The van der Waals surface area contributed by atoms with Crippen LogP contribution in [0.1, 0.15) is 56.9 Å². The molecule has 2 fully saturated rings. The van der Waals surface area contributed by atoms with Crippen molar-refractivity contribution in [1.29, 1.82) is 0 Å². The van der Waals surface area contributed by atoms with Crippen LogP contribution in [-0.2, 0) is 24.3 Å². The van der Waals surface area contributed by atoms with Crippen LogP contribution in [-0.4, -0.2) is 71.0 Å². The van der Waals surface area contributed by atoms with E-state index in [1.54, 1.807) is 0 Å². The molecule has 31 heavy (non-hydrogen) atoms. The van der Waals surface area contributed by atoms with Crippen molar-refractivity contribution in [2.24, 2.45) is 0 Å². The summed E-state index contributed by atoms with van der Waals surface area (Å²) in [5.74, 6) is 0.643. The summed E-state index contributed by atoms with van der Waals surface area (Å²) in [6.07, 6.45) is 7.91. The van der Waals surface area contributed by atoms with Crippen molar-refractivity contribution in [2.45, 2.75) is 75.6 Å². The van der Waals surface area contributed by atoms with E-state index in [9.17, 15) is 8.42 Å². The van der Waals surface area contributed by atoms with Crippen molar-refractivity contribution < 1.29 is 22.7 Å². The lowest BCUT2D eigenvalue weighted by Gasteiger charge is -2.32. The summed E-state index contributed by atoms with van der Waals surface area (Å²) < 4.78 is 36.5. The van der Waals surface area contributed by atoms with Crippen LogP contribution < -0.4 is 4.72 Å². The minimum absolute atomic E-state index is 0.0596. The molecule has 0 amide bonds. The first-order chi connectivity index (χ1) is 14.8. The number of ether oxygens (including phenoxy) is 2. The molecule has 0 radical (unpaired) electrons. The maximum Gasteiger partial charge on any atom is 0.292 e. The van der Waals surface area contributed by atoms with E-state index in [1.807, 2.05) is 0 Å². The van der Waals surface area contributed by atoms with Crippen molar-refractivity contribution >= 4 is 16.5 Å². The second-order valence-corrected chi connectivity index (χ2v) is 10.4. The minimum Gasteiger partial charge on any atom is -0.471 e. The van der Waals surface area contributed by atoms with Crippen LogP contribution in [0, 0.1) is 0 Å². The van der Waals surface area contributed by atoms with Crippen LogP contribution in [0.5, 0.6) is 0 Å². The van der Waals surface area contributed by atoms with Gasteiger partial charge in [-0.05, 0) is 57.1 Å². The highest BCUT2D eigenvalue weighted by atomic mass is 32.2. The Labute approximate surface area is 187 Å². The number of benzene rings is 1. The summed E-state index contributed by atoms with van der Waals surface area (Å²) in [5.41, 5.74) is 1.44. The Bertz CT molecular complexity index is 750. The van der Waals surface area contributed by atoms with E-state index in [-0.39, 0.29) is 18.2 Å². The highest BCUT2D eigenvalue weighted by molar-refractivity contribution is 7.88. The minimum atomic E-state index is -3.21. The first-order valence-electron chi connectivity index (χ1n) is 11.1. The van der Waals surface area contributed by atoms with E-state index in [4.69, 9.17) is 9.53 Å². The van der Waals surface area contributed by atoms with Gasteiger partial charge in [-0.1, -0.05) is 37.3 Å². The molecule has 1 N–H and O–H groups in total. The van der Waals surface area contributed by atoms with Crippen LogP contribution in [0.15, 0.2) is 30.3 Å². The molecular formula is C23H38N2O5S. The SMILES string of the molecule is CCC1C[C@H](NS(C)(=O)=O)[C@H](COC2CCC(c3ccccc3)CC2)N1C.COC=O. The van der Waals surface area contributed by atoms with Crippen molar-refractivity contribution in [3.8, 4) is 0 Å². The number of carbonyl (C=O) groups is 1. The number of hydrogen-bond acceptors (Lipinski definition) is 6. The largest absolute Gasteiger partial charge is 0.471 e. The Balaban J connectivity index is 0.000000785. The third kappa shape index (κ3) is 8.18. The van der Waals surface area contributed by atoms with Gasteiger partial charge in [0, 0.05) is 18.1 Å². The van der Waals surface area contributed by atoms with Gasteiger partial charge in [0.25, 0.3) is 6.47 Å². The fourth-order valence-corrected chi connectivity index (χ4v) is 5.59. The summed E-state index contributed by atoms with van der Waals surface area (Å²) in [6, 6.07) is 11.2. The summed E-state index contributed by atoms with van der Waals surface area (Å²) in [5, 5.41) is 0. The molecule has 2 aliphatic rings. The molecular weight excluding hydrogens is 416 g/mol. The number of likely N-dealkylation sites (N-methyl/N-ethyl adjacent to an activating group) is 1. The molecule has 1 aromatic rings. The Morgan fingerprint density at radius 1 is 1.16 bits per heavy atom. The number of nitrogens with one attached hydrogen (secondary N) is 1. The standard InChI is InChI=1S/C21H34N2O3S.C2H4O2/c1-4-18-14-20(22-27(3,24)25)21(23(18)2)15-26-19-12-10-17(11-13-19)16-8-6-5-7-9-16;1-4-2-3/h5-9,17-22H,4,10-15H2,1-3H3;2H,1H3/t17?,18?,19?,20-,21-;/m0./s1. The molecule has 1 aliphatic carbocycles. The summed E-state index contributed by atoms with van der Waals surface area (Å²) in [6.45, 7) is 3.13. The molecule has 0 bridgehead atoms. The number of carbonyl (C=O) groups excluding carboxylic acids is 1. The van der Waals surface area contributed by atoms with Crippen LogP contribution in [0.25, 0.3) is 0 Å². The fourth-order valence-electron chi connectivity index (χ4n) is 4.78. The van der Waals surface area contributed by atoms with Crippen LogP contribution >= 0.6 is 0 Å². The molecule has 1 saturated heterocycles. The molecule has 1 aliphatic heterocycles. The van der Waals surface area contributed by atoms with Crippen molar-refractivity contribution in [2.75, 3.05) is 27.0 Å².